The van der Waals surface area contributed by atoms with E-state index in [1.807, 2.05) is 26.5 Å². The second kappa shape index (κ2) is 1.66. The number of rotatable bonds is 0. The second-order valence-electron chi connectivity index (χ2n) is 1.53. The summed E-state index contributed by atoms with van der Waals surface area (Å²) in [5.41, 5.74) is 0. The molecule has 1 rings (SSSR count). The van der Waals surface area contributed by atoms with Gasteiger partial charge in [0.15, 0.2) is 0 Å². The predicted molar refractivity (Wildman–Crippen MR) is 33.4 cm³/mol. The third-order valence-electron chi connectivity index (χ3n) is 0.780. The van der Waals surface area contributed by atoms with Gasteiger partial charge in [-0.05, 0) is 0 Å². The van der Waals surface area contributed by atoms with Gasteiger partial charge in [0, 0.05) is 0 Å². The van der Waals surface area contributed by atoms with Crippen LogP contribution in [-0.4, -0.2) is 22.7 Å². The van der Waals surface area contributed by atoms with Gasteiger partial charge in [-0.2, -0.15) is 8.61 Å². The molecule has 0 fully saturated rings. The van der Waals surface area contributed by atoms with E-state index in [4.69, 9.17) is 0 Å². The van der Waals surface area contributed by atoms with Crippen molar-refractivity contribution in [3.63, 3.8) is 0 Å². The summed E-state index contributed by atoms with van der Waals surface area (Å²) in [5.74, 6) is 0. The maximum absolute atomic E-state index is 2.10. The molecule has 2 nitrogen and oxygen atoms in total. The van der Waals surface area contributed by atoms with Crippen LogP contribution in [0.3, 0.4) is 0 Å². The van der Waals surface area contributed by atoms with Crippen LogP contribution < -0.4 is 0 Å². The molecule has 0 atom stereocenters. The predicted octanol–water partition coefficient (Wildman–Crippen LogP) is -0.0203. The summed E-state index contributed by atoms with van der Waals surface area (Å²) in [5, 5.41) is 0. The molecule has 0 spiro atoms. The fourth-order valence-corrected chi connectivity index (χ4v) is 1.16. The van der Waals surface area contributed by atoms with Crippen LogP contribution in [0.15, 0.2) is 12.4 Å². The van der Waals surface area contributed by atoms with Crippen molar-refractivity contribution >= 4 is 12.1 Å². The lowest BCUT2D eigenvalue weighted by atomic mass is 10.9. The molecular formula is C4H9N2S+. The SMILES string of the molecule is CN1C=CN(C)[SH+]1. The molecule has 1 aliphatic rings. The Morgan fingerprint density at radius 2 is 1.57 bits per heavy atom. The van der Waals surface area contributed by atoms with Crippen LogP contribution in [0.2, 0.25) is 0 Å². The van der Waals surface area contributed by atoms with E-state index in [0.29, 0.717) is 0 Å². The summed E-state index contributed by atoms with van der Waals surface area (Å²) < 4.78 is 4.19. The molecule has 0 saturated carbocycles. The lowest BCUT2D eigenvalue weighted by Gasteiger charge is -1.96. The Labute approximate surface area is 48.1 Å². The highest BCUT2D eigenvalue weighted by molar-refractivity contribution is 7.74. The molecule has 0 N–H and O–H groups in total. The third-order valence-corrected chi connectivity index (χ3v) is 1.61. The molecule has 0 aliphatic carbocycles. The highest BCUT2D eigenvalue weighted by atomic mass is 32.2. The van der Waals surface area contributed by atoms with Gasteiger partial charge in [-0.1, -0.05) is 0 Å². The first-order valence-corrected chi connectivity index (χ1v) is 2.94. The molecule has 0 aromatic carbocycles. The molecule has 0 radical (unpaired) electrons. The standard InChI is InChI=1S/C4H8N2S/c1-5-3-4-6(2)7-5/h3-4H,1-2H3/p+1. The van der Waals surface area contributed by atoms with E-state index < -0.39 is 0 Å². The Balaban J connectivity index is 2.42. The van der Waals surface area contributed by atoms with Gasteiger partial charge < -0.3 is 0 Å². The molecular weight excluding hydrogens is 108 g/mol. The number of thiol groups is 1. The zero-order valence-corrected chi connectivity index (χ0v) is 5.39. The van der Waals surface area contributed by atoms with Crippen molar-refractivity contribution in [1.29, 1.82) is 0 Å². The monoisotopic (exact) mass is 117 g/mol. The maximum atomic E-state index is 2.10. The largest absolute Gasteiger partial charge is 0.205 e. The van der Waals surface area contributed by atoms with Crippen LogP contribution in [0.25, 0.3) is 0 Å². The Morgan fingerprint density at radius 1 is 1.14 bits per heavy atom. The Hall–Kier alpha value is -0.310. The fraction of sp³-hybridized carbons (Fsp3) is 0.500. The normalized spacial score (nSPS) is 19.1. The first-order valence-electron chi connectivity index (χ1n) is 2.14. The first-order chi connectivity index (χ1) is 3.29. The number of nitrogens with zero attached hydrogens (tertiary/aromatic N) is 2. The van der Waals surface area contributed by atoms with Crippen LogP contribution in [-0.2, 0) is 12.1 Å². The molecule has 0 aromatic heterocycles. The van der Waals surface area contributed by atoms with Gasteiger partial charge in [-0.3, -0.25) is 0 Å². The van der Waals surface area contributed by atoms with E-state index in [1.54, 1.807) is 0 Å². The van der Waals surface area contributed by atoms with Gasteiger partial charge in [0.05, 0.1) is 26.5 Å². The molecule has 0 bridgehead atoms. The third kappa shape index (κ3) is 1.03. The Morgan fingerprint density at radius 3 is 1.71 bits per heavy atom. The summed E-state index contributed by atoms with van der Waals surface area (Å²) >= 11 is 1.24. The lowest BCUT2D eigenvalue weighted by molar-refractivity contribution is 0.750. The summed E-state index contributed by atoms with van der Waals surface area (Å²) in [7, 11) is 4.09. The first kappa shape index (κ1) is 4.84. The van der Waals surface area contributed by atoms with Crippen LogP contribution in [0, 0.1) is 0 Å². The number of hydrogen-bond acceptors (Lipinski definition) is 2. The van der Waals surface area contributed by atoms with E-state index in [2.05, 4.69) is 8.61 Å². The van der Waals surface area contributed by atoms with Crippen LogP contribution in [0.1, 0.15) is 0 Å². The van der Waals surface area contributed by atoms with Crippen LogP contribution in [0.4, 0.5) is 0 Å². The van der Waals surface area contributed by atoms with Crippen molar-refractivity contribution in [3.05, 3.63) is 12.4 Å². The van der Waals surface area contributed by atoms with Crippen molar-refractivity contribution < 1.29 is 0 Å². The van der Waals surface area contributed by atoms with Crippen molar-refractivity contribution in [2.24, 2.45) is 0 Å². The molecule has 0 aromatic rings. The van der Waals surface area contributed by atoms with Gasteiger partial charge in [-0.25, -0.2) is 0 Å². The van der Waals surface area contributed by atoms with Crippen molar-refractivity contribution in [3.8, 4) is 0 Å². The van der Waals surface area contributed by atoms with E-state index in [0.717, 1.165) is 0 Å². The second-order valence-corrected chi connectivity index (χ2v) is 2.98. The average Bonchev–Trinajstić information content (AvgIpc) is 1.87. The molecule has 0 unspecified atom stereocenters. The molecule has 0 amide bonds. The maximum Gasteiger partial charge on any atom is 0.205 e. The highest BCUT2D eigenvalue weighted by Crippen LogP contribution is 2.01. The van der Waals surface area contributed by atoms with Crippen molar-refractivity contribution in [1.82, 2.24) is 8.61 Å². The van der Waals surface area contributed by atoms with Gasteiger partial charge in [-0.15, -0.1) is 0 Å². The summed E-state index contributed by atoms with van der Waals surface area (Å²) in [4.78, 5) is 0. The number of hydrogen-bond donors (Lipinski definition) is 0. The minimum absolute atomic E-state index is 1.24. The van der Waals surface area contributed by atoms with Gasteiger partial charge in [0.25, 0.3) is 0 Å². The molecule has 40 valence electrons. The molecule has 1 heterocycles. The zero-order chi connectivity index (χ0) is 5.28. The van der Waals surface area contributed by atoms with Crippen molar-refractivity contribution in [2.75, 3.05) is 14.1 Å². The Bertz CT molecular complexity index is 81.7. The fourth-order valence-electron chi connectivity index (χ4n) is 0.475. The van der Waals surface area contributed by atoms with Crippen molar-refractivity contribution in [2.45, 2.75) is 0 Å². The highest BCUT2D eigenvalue weighted by Gasteiger charge is 2.11. The summed E-state index contributed by atoms with van der Waals surface area (Å²) in [6.45, 7) is 0. The minimum Gasteiger partial charge on any atom is -0.183 e. The molecule has 3 heteroatoms. The quantitative estimate of drug-likeness (QED) is 0.325. The molecule has 1 aliphatic heterocycles. The average molecular weight is 117 g/mol. The van der Waals surface area contributed by atoms with Gasteiger partial charge in [0.1, 0.15) is 0 Å². The minimum atomic E-state index is 1.24. The van der Waals surface area contributed by atoms with E-state index in [-0.39, 0.29) is 0 Å². The van der Waals surface area contributed by atoms with E-state index in [1.165, 1.54) is 12.1 Å². The van der Waals surface area contributed by atoms with Gasteiger partial charge >= 0.3 is 0 Å². The summed E-state index contributed by atoms with van der Waals surface area (Å²) in [6.07, 6.45) is 4.09. The van der Waals surface area contributed by atoms with E-state index in [9.17, 15) is 0 Å². The van der Waals surface area contributed by atoms with Crippen LogP contribution in [0.5, 0.6) is 0 Å². The van der Waals surface area contributed by atoms with Gasteiger partial charge in [0.2, 0.25) is 12.1 Å². The zero-order valence-electron chi connectivity index (χ0n) is 4.50. The lowest BCUT2D eigenvalue weighted by Crippen LogP contribution is -2.12. The smallest absolute Gasteiger partial charge is 0.183 e. The Kier molecular flexibility index (Phi) is 1.15. The van der Waals surface area contributed by atoms with E-state index >= 15 is 0 Å². The summed E-state index contributed by atoms with van der Waals surface area (Å²) in [6, 6.07) is 0. The molecule has 0 saturated heterocycles. The van der Waals surface area contributed by atoms with Crippen LogP contribution >= 0.6 is 0 Å². The topological polar surface area (TPSA) is 6.48 Å². The molecule has 7 heavy (non-hydrogen) atoms.